The van der Waals surface area contributed by atoms with E-state index >= 15 is 0 Å². The molecule has 1 heterocycles. The van der Waals surface area contributed by atoms with Crippen molar-refractivity contribution in [1.29, 1.82) is 0 Å². The Hall–Kier alpha value is -2.47. The number of benzene rings is 2. The predicted octanol–water partition coefficient (Wildman–Crippen LogP) is 3.36. The van der Waals surface area contributed by atoms with E-state index in [0.29, 0.717) is 18.6 Å². The van der Waals surface area contributed by atoms with Gasteiger partial charge in [-0.2, -0.15) is 0 Å². The largest absolute Gasteiger partial charge is 0.497 e. The lowest BCUT2D eigenvalue weighted by molar-refractivity contribution is -0.149. The second kappa shape index (κ2) is 8.27. The molecule has 2 aromatic carbocycles. The number of methoxy groups -OCH3 is 1. The average Bonchev–Trinajstić information content (AvgIpc) is 3.12. The first-order valence-electron chi connectivity index (χ1n) is 8.43. The molecular weight excluding hydrogens is 350 g/mol. The highest BCUT2D eigenvalue weighted by atomic mass is 32.2. The molecule has 2 atom stereocenters. The van der Waals surface area contributed by atoms with Gasteiger partial charge < -0.3 is 14.7 Å². The van der Waals surface area contributed by atoms with Crippen LogP contribution in [0.15, 0.2) is 54.6 Å². The standard InChI is InChI=1S/C20H21NO4S/c1-25-16-10-8-15(9-11-16)19-21(17(13-26-19)20(23)24)18(22)12-7-14-5-3-2-4-6-14/h2-6,8-11,17,19H,7,12-13H2,1H3,(H,23,24). The van der Waals surface area contributed by atoms with Crippen LogP contribution in [0.2, 0.25) is 0 Å². The lowest BCUT2D eigenvalue weighted by Crippen LogP contribution is -2.43. The summed E-state index contributed by atoms with van der Waals surface area (Å²) in [6.07, 6.45) is 0.892. The summed E-state index contributed by atoms with van der Waals surface area (Å²) in [5.41, 5.74) is 1.98. The topological polar surface area (TPSA) is 66.8 Å². The first-order valence-corrected chi connectivity index (χ1v) is 9.48. The third-order valence-electron chi connectivity index (χ3n) is 4.44. The summed E-state index contributed by atoms with van der Waals surface area (Å²) >= 11 is 1.49. The minimum Gasteiger partial charge on any atom is -0.497 e. The maximum Gasteiger partial charge on any atom is 0.327 e. The van der Waals surface area contributed by atoms with Crippen molar-refractivity contribution in [2.45, 2.75) is 24.3 Å². The molecule has 136 valence electrons. The van der Waals surface area contributed by atoms with Crippen LogP contribution in [0.25, 0.3) is 0 Å². The molecular formula is C20H21NO4S. The van der Waals surface area contributed by atoms with Gasteiger partial charge in [0.1, 0.15) is 17.2 Å². The smallest absolute Gasteiger partial charge is 0.327 e. The van der Waals surface area contributed by atoms with Gasteiger partial charge in [-0.3, -0.25) is 4.79 Å². The van der Waals surface area contributed by atoms with E-state index in [0.717, 1.165) is 16.9 Å². The summed E-state index contributed by atoms with van der Waals surface area (Å²) in [5.74, 6) is 0.0328. The fourth-order valence-corrected chi connectivity index (χ4v) is 4.49. The minimum atomic E-state index is -0.957. The van der Waals surface area contributed by atoms with Gasteiger partial charge in [-0.15, -0.1) is 11.8 Å². The number of carboxylic acid groups (broad SMARTS) is 1. The molecule has 0 radical (unpaired) electrons. The third kappa shape index (κ3) is 4.02. The van der Waals surface area contributed by atoms with Crippen molar-refractivity contribution in [2.75, 3.05) is 12.9 Å². The van der Waals surface area contributed by atoms with Crippen LogP contribution < -0.4 is 4.74 Å². The Morgan fingerprint density at radius 1 is 1.15 bits per heavy atom. The zero-order chi connectivity index (χ0) is 18.5. The minimum absolute atomic E-state index is 0.132. The van der Waals surface area contributed by atoms with Crippen LogP contribution >= 0.6 is 11.8 Å². The average molecular weight is 371 g/mol. The second-order valence-electron chi connectivity index (χ2n) is 6.10. The number of carbonyl (C=O) groups is 2. The summed E-state index contributed by atoms with van der Waals surface area (Å²) in [7, 11) is 1.60. The maximum absolute atomic E-state index is 12.9. The number of carboxylic acids is 1. The van der Waals surface area contributed by atoms with Crippen molar-refractivity contribution < 1.29 is 19.4 Å². The van der Waals surface area contributed by atoms with E-state index in [9.17, 15) is 14.7 Å². The zero-order valence-electron chi connectivity index (χ0n) is 14.5. The van der Waals surface area contributed by atoms with Crippen molar-refractivity contribution in [3.63, 3.8) is 0 Å². The van der Waals surface area contributed by atoms with Gasteiger partial charge in [0.25, 0.3) is 0 Å². The lowest BCUT2D eigenvalue weighted by atomic mass is 10.1. The van der Waals surface area contributed by atoms with E-state index in [4.69, 9.17) is 4.74 Å². The summed E-state index contributed by atoms with van der Waals surface area (Å²) in [4.78, 5) is 26.0. The maximum atomic E-state index is 12.9. The van der Waals surface area contributed by atoms with Crippen LogP contribution in [0.4, 0.5) is 0 Å². The molecule has 26 heavy (non-hydrogen) atoms. The Balaban J connectivity index is 1.77. The van der Waals surface area contributed by atoms with Crippen LogP contribution in [0.3, 0.4) is 0 Å². The number of thioether (sulfide) groups is 1. The monoisotopic (exact) mass is 371 g/mol. The predicted molar refractivity (Wildman–Crippen MR) is 101 cm³/mol. The molecule has 6 heteroatoms. The molecule has 1 fully saturated rings. The normalized spacial score (nSPS) is 19.3. The van der Waals surface area contributed by atoms with Gasteiger partial charge in [-0.05, 0) is 29.7 Å². The Morgan fingerprint density at radius 3 is 2.46 bits per heavy atom. The van der Waals surface area contributed by atoms with Crippen molar-refractivity contribution in [3.8, 4) is 5.75 Å². The molecule has 2 unspecified atom stereocenters. The van der Waals surface area contributed by atoms with E-state index in [1.807, 2.05) is 54.6 Å². The van der Waals surface area contributed by atoms with E-state index in [-0.39, 0.29) is 11.3 Å². The van der Waals surface area contributed by atoms with E-state index in [1.54, 1.807) is 7.11 Å². The summed E-state index contributed by atoms with van der Waals surface area (Å²) in [6.45, 7) is 0. The number of aryl methyl sites for hydroxylation is 1. The van der Waals surface area contributed by atoms with Gasteiger partial charge in [0, 0.05) is 12.2 Å². The van der Waals surface area contributed by atoms with Gasteiger partial charge in [-0.25, -0.2) is 4.79 Å². The van der Waals surface area contributed by atoms with Crippen molar-refractivity contribution in [3.05, 3.63) is 65.7 Å². The van der Waals surface area contributed by atoms with Gasteiger partial charge in [0.2, 0.25) is 5.91 Å². The first kappa shape index (κ1) is 18.3. The quantitative estimate of drug-likeness (QED) is 0.843. The van der Waals surface area contributed by atoms with Crippen LogP contribution in [0, 0.1) is 0 Å². The number of hydrogen-bond acceptors (Lipinski definition) is 4. The van der Waals surface area contributed by atoms with Crippen LogP contribution in [0.1, 0.15) is 22.9 Å². The number of nitrogens with zero attached hydrogens (tertiary/aromatic N) is 1. The molecule has 1 saturated heterocycles. The van der Waals surface area contributed by atoms with Gasteiger partial charge >= 0.3 is 5.97 Å². The molecule has 0 saturated carbocycles. The number of rotatable bonds is 6. The third-order valence-corrected chi connectivity index (χ3v) is 5.77. The zero-order valence-corrected chi connectivity index (χ0v) is 15.3. The fraction of sp³-hybridized carbons (Fsp3) is 0.300. The SMILES string of the molecule is COc1ccc(C2SCC(C(=O)O)N2C(=O)CCc2ccccc2)cc1. The Kier molecular flexibility index (Phi) is 5.83. The molecule has 0 aliphatic carbocycles. The second-order valence-corrected chi connectivity index (χ2v) is 7.21. The van der Waals surface area contributed by atoms with Gasteiger partial charge in [0.15, 0.2) is 0 Å². The Bertz CT molecular complexity index is 763. The first-order chi connectivity index (χ1) is 12.6. The van der Waals surface area contributed by atoms with E-state index in [2.05, 4.69) is 0 Å². The van der Waals surface area contributed by atoms with E-state index in [1.165, 1.54) is 16.7 Å². The molecule has 0 spiro atoms. The molecule has 5 nitrogen and oxygen atoms in total. The highest BCUT2D eigenvalue weighted by Gasteiger charge is 2.41. The van der Waals surface area contributed by atoms with E-state index < -0.39 is 12.0 Å². The van der Waals surface area contributed by atoms with Crippen LogP contribution in [-0.2, 0) is 16.0 Å². The number of amides is 1. The summed E-state index contributed by atoms with van der Waals surface area (Å²) < 4.78 is 5.17. The molecule has 1 aliphatic rings. The van der Waals surface area contributed by atoms with Crippen molar-refractivity contribution >= 4 is 23.6 Å². The summed E-state index contributed by atoms with van der Waals surface area (Å²) in [6, 6.07) is 16.4. The number of aliphatic carboxylic acids is 1. The molecule has 1 N–H and O–H groups in total. The van der Waals surface area contributed by atoms with Crippen molar-refractivity contribution in [1.82, 2.24) is 4.90 Å². The molecule has 0 aromatic heterocycles. The van der Waals surface area contributed by atoms with Crippen molar-refractivity contribution in [2.24, 2.45) is 0 Å². The molecule has 2 aromatic rings. The van der Waals surface area contributed by atoms with Crippen LogP contribution in [-0.4, -0.2) is 40.8 Å². The molecule has 1 amide bonds. The highest BCUT2D eigenvalue weighted by molar-refractivity contribution is 7.99. The molecule has 3 rings (SSSR count). The fourth-order valence-electron chi connectivity index (χ4n) is 3.05. The van der Waals surface area contributed by atoms with Gasteiger partial charge in [-0.1, -0.05) is 42.5 Å². The number of ether oxygens (including phenoxy) is 1. The van der Waals surface area contributed by atoms with Gasteiger partial charge in [0.05, 0.1) is 7.11 Å². The Morgan fingerprint density at radius 2 is 1.85 bits per heavy atom. The highest BCUT2D eigenvalue weighted by Crippen LogP contribution is 2.42. The summed E-state index contributed by atoms with van der Waals surface area (Å²) in [5, 5.41) is 9.25. The number of hydrogen-bond donors (Lipinski definition) is 1. The van der Waals surface area contributed by atoms with Crippen LogP contribution in [0.5, 0.6) is 5.75 Å². The molecule has 1 aliphatic heterocycles. The number of carbonyl (C=O) groups excluding carboxylic acids is 1. The molecule has 0 bridgehead atoms. The lowest BCUT2D eigenvalue weighted by Gasteiger charge is -2.28. The Labute approximate surface area is 157 Å².